The summed E-state index contributed by atoms with van der Waals surface area (Å²) in [6.07, 6.45) is 1.61. The summed E-state index contributed by atoms with van der Waals surface area (Å²) in [5.41, 5.74) is 1.83. The molecule has 0 fully saturated rings. The number of rotatable bonds is 2. The fourth-order valence-corrected chi connectivity index (χ4v) is 1.51. The van der Waals surface area contributed by atoms with E-state index in [0.717, 1.165) is 15.7 Å². The normalized spacial score (nSPS) is 10.4. The summed E-state index contributed by atoms with van der Waals surface area (Å²) in [5, 5.41) is 0. The number of oxazole rings is 1. The summed E-state index contributed by atoms with van der Waals surface area (Å²) in [4.78, 5) is 4.21. The van der Waals surface area contributed by atoms with Crippen LogP contribution in [0.15, 0.2) is 39.4 Å². The van der Waals surface area contributed by atoms with Crippen molar-refractivity contribution in [3.63, 3.8) is 0 Å². The van der Waals surface area contributed by atoms with Gasteiger partial charge < -0.3 is 4.42 Å². The van der Waals surface area contributed by atoms with Crippen LogP contribution in [0.5, 0.6) is 0 Å². The van der Waals surface area contributed by atoms with Crippen molar-refractivity contribution in [2.24, 2.45) is 0 Å². The molecular weight excluding hydrogens is 265 g/mol. The maximum atomic E-state index is 5.59. The summed E-state index contributed by atoms with van der Waals surface area (Å²) >= 11 is 8.96. The van der Waals surface area contributed by atoms with Gasteiger partial charge in [-0.05, 0) is 12.1 Å². The Bertz CT molecular complexity index is 424. The Hall–Kier alpha value is -0.800. The largest absolute Gasteiger partial charge is 0.447 e. The zero-order valence-electron chi connectivity index (χ0n) is 7.21. The van der Waals surface area contributed by atoms with Crippen LogP contribution in [0.2, 0.25) is 0 Å². The minimum atomic E-state index is 0.302. The van der Waals surface area contributed by atoms with Gasteiger partial charge in [0.15, 0.2) is 0 Å². The van der Waals surface area contributed by atoms with E-state index >= 15 is 0 Å². The molecule has 14 heavy (non-hydrogen) atoms. The molecule has 0 aliphatic rings. The predicted octanol–water partition coefficient (Wildman–Crippen LogP) is 3.84. The highest BCUT2D eigenvalue weighted by atomic mass is 79.9. The minimum absolute atomic E-state index is 0.302. The Kier molecular flexibility index (Phi) is 2.89. The Labute approximate surface area is 95.0 Å². The van der Waals surface area contributed by atoms with E-state index in [1.54, 1.807) is 6.26 Å². The van der Waals surface area contributed by atoms with Gasteiger partial charge in [-0.2, -0.15) is 0 Å². The molecule has 1 aromatic carbocycles. The molecule has 2 aromatic rings. The monoisotopic (exact) mass is 271 g/mol. The van der Waals surface area contributed by atoms with Crippen LogP contribution >= 0.6 is 27.5 Å². The zero-order chi connectivity index (χ0) is 9.97. The van der Waals surface area contributed by atoms with Gasteiger partial charge in [0.05, 0.1) is 5.88 Å². The lowest BCUT2D eigenvalue weighted by Gasteiger charge is -1.94. The van der Waals surface area contributed by atoms with E-state index < -0.39 is 0 Å². The Morgan fingerprint density at radius 1 is 1.29 bits per heavy atom. The van der Waals surface area contributed by atoms with Crippen LogP contribution in [0.25, 0.3) is 11.3 Å². The molecule has 0 spiro atoms. The van der Waals surface area contributed by atoms with Crippen molar-refractivity contribution in [2.45, 2.75) is 5.88 Å². The third-order valence-corrected chi connectivity index (χ3v) is 2.56. The molecule has 0 aliphatic heterocycles. The van der Waals surface area contributed by atoms with E-state index in [0.29, 0.717) is 11.8 Å². The average Bonchev–Trinajstić information content (AvgIpc) is 2.67. The summed E-state index contributed by atoms with van der Waals surface area (Å²) in [5.74, 6) is 0.848. The highest BCUT2D eigenvalue weighted by molar-refractivity contribution is 9.10. The Balaban J connectivity index is 2.34. The fraction of sp³-hybridized carbons (Fsp3) is 0.100. The van der Waals surface area contributed by atoms with E-state index in [-0.39, 0.29) is 0 Å². The summed E-state index contributed by atoms with van der Waals surface area (Å²) < 4.78 is 6.19. The lowest BCUT2D eigenvalue weighted by molar-refractivity contribution is 0.516. The quantitative estimate of drug-likeness (QED) is 0.776. The van der Waals surface area contributed by atoms with Crippen LogP contribution in [0, 0.1) is 0 Å². The lowest BCUT2D eigenvalue weighted by Crippen LogP contribution is -1.79. The van der Waals surface area contributed by atoms with Gasteiger partial charge in [0.2, 0.25) is 5.89 Å². The number of hydrogen-bond acceptors (Lipinski definition) is 2. The molecule has 0 saturated carbocycles. The third kappa shape index (κ3) is 1.99. The summed E-state index contributed by atoms with van der Waals surface area (Å²) in [6.45, 7) is 0. The molecule has 0 atom stereocenters. The van der Waals surface area contributed by atoms with E-state index in [4.69, 9.17) is 16.0 Å². The van der Waals surface area contributed by atoms with Gasteiger partial charge in [0.1, 0.15) is 12.0 Å². The summed E-state index contributed by atoms with van der Waals surface area (Å²) in [6, 6.07) is 7.87. The van der Waals surface area contributed by atoms with Crippen molar-refractivity contribution in [3.05, 3.63) is 40.9 Å². The highest BCUT2D eigenvalue weighted by Crippen LogP contribution is 2.21. The molecule has 4 heteroatoms. The SMILES string of the molecule is ClCc1nc(-c2ccc(Br)cc2)co1. The Morgan fingerprint density at radius 2 is 2.00 bits per heavy atom. The van der Waals surface area contributed by atoms with Gasteiger partial charge in [-0.25, -0.2) is 4.98 Å². The molecule has 0 bridgehead atoms. The maximum absolute atomic E-state index is 5.59. The van der Waals surface area contributed by atoms with Crippen molar-refractivity contribution < 1.29 is 4.42 Å². The second-order valence-corrected chi connectivity index (χ2v) is 3.95. The number of hydrogen-bond donors (Lipinski definition) is 0. The lowest BCUT2D eigenvalue weighted by atomic mass is 10.2. The first-order valence-corrected chi connectivity index (χ1v) is 5.38. The van der Waals surface area contributed by atoms with Crippen LogP contribution in [-0.4, -0.2) is 4.98 Å². The standard InChI is InChI=1S/C10H7BrClNO/c11-8-3-1-7(2-4-8)9-6-14-10(5-12)13-9/h1-4,6H,5H2. The number of aromatic nitrogens is 1. The first-order valence-electron chi connectivity index (χ1n) is 4.06. The van der Waals surface area contributed by atoms with Gasteiger partial charge in [-0.15, -0.1) is 11.6 Å². The Morgan fingerprint density at radius 3 is 2.57 bits per heavy atom. The second-order valence-electron chi connectivity index (χ2n) is 2.77. The van der Waals surface area contributed by atoms with Crippen molar-refractivity contribution in [3.8, 4) is 11.3 Å². The van der Waals surface area contributed by atoms with Crippen LogP contribution in [-0.2, 0) is 5.88 Å². The molecule has 1 heterocycles. The topological polar surface area (TPSA) is 26.0 Å². The molecule has 1 aromatic heterocycles. The van der Waals surface area contributed by atoms with E-state index in [1.165, 1.54) is 0 Å². The maximum Gasteiger partial charge on any atom is 0.209 e. The molecule has 0 radical (unpaired) electrons. The average molecular weight is 273 g/mol. The second kappa shape index (κ2) is 4.15. The van der Waals surface area contributed by atoms with Crippen LogP contribution in [0.3, 0.4) is 0 Å². The van der Waals surface area contributed by atoms with Gasteiger partial charge in [0, 0.05) is 10.0 Å². The highest BCUT2D eigenvalue weighted by Gasteiger charge is 2.04. The molecule has 0 saturated heterocycles. The van der Waals surface area contributed by atoms with Crippen LogP contribution < -0.4 is 0 Å². The zero-order valence-corrected chi connectivity index (χ0v) is 9.55. The van der Waals surface area contributed by atoms with E-state index in [2.05, 4.69) is 20.9 Å². The molecule has 0 aliphatic carbocycles. The number of nitrogens with zero attached hydrogens (tertiary/aromatic N) is 1. The summed E-state index contributed by atoms with van der Waals surface area (Å²) in [7, 11) is 0. The van der Waals surface area contributed by atoms with Crippen LogP contribution in [0.1, 0.15) is 5.89 Å². The molecule has 72 valence electrons. The van der Waals surface area contributed by atoms with Crippen molar-refractivity contribution in [1.29, 1.82) is 0 Å². The van der Waals surface area contributed by atoms with E-state index in [9.17, 15) is 0 Å². The first kappa shape index (κ1) is 9.74. The van der Waals surface area contributed by atoms with Crippen molar-refractivity contribution in [2.75, 3.05) is 0 Å². The number of benzene rings is 1. The van der Waals surface area contributed by atoms with E-state index in [1.807, 2.05) is 24.3 Å². The fourth-order valence-electron chi connectivity index (χ4n) is 1.13. The smallest absolute Gasteiger partial charge is 0.209 e. The van der Waals surface area contributed by atoms with Gasteiger partial charge in [-0.3, -0.25) is 0 Å². The molecule has 2 rings (SSSR count). The first-order chi connectivity index (χ1) is 6.79. The van der Waals surface area contributed by atoms with Gasteiger partial charge in [-0.1, -0.05) is 28.1 Å². The molecular formula is C10H7BrClNO. The van der Waals surface area contributed by atoms with Crippen molar-refractivity contribution >= 4 is 27.5 Å². The van der Waals surface area contributed by atoms with Crippen LogP contribution in [0.4, 0.5) is 0 Å². The minimum Gasteiger partial charge on any atom is -0.447 e. The number of halogens is 2. The molecule has 0 N–H and O–H groups in total. The third-order valence-electron chi connectivity index (χ3n) is 1.81. The van der Waals surface area contributed by atoms with Crippen molar-refractivity contribution in [1.82, 2.24) is 4.98 Å². The molecule has 2 nitrogen and oxygen atoms in total. The predicted molar refractivity (Wildman–Crippen MR) is 59.2 cm³/mol. The van der Waals surface area contributed by atoms with Gasteiger partial charge >= 0.3 is 0 Å². The van der Waals surface area contributed by atoms with Gasteiger partial charge in [0.25, 0.3) is 0 Å². The molecule has 0 amide bonds. The molecule has 0 unspecified atom stereocenters. The number of alkyl halides is 1.